The summed E-state index contributed by atoms with van der Waals surface area (Å²) in [4.78, 5) is 23.2. The summed E-state index contributed by atoms with van der Waals surface area (Å²) >= 11 is 20.5. The van der Waals surface area contributed by atoms with Crippen molar-refractivity contribution in [1.29, 1.82) is 0 Å². The first-order valence-corrected chi connectivity index (χ1v) is 10.2. The minimum Gasteiger partial charge on any atom is -0.470 e. The van der Waals surface area contributed by atoms with Crippen molar-refractivity contribution in [3.05, 3.63) is 63.6 Å². The number of esters is 1. The summed E-state index contributed by atoms with van der Waals surface area (Å²) in [6.45, 7) is 4.59. The molecule has 0 aliphatic carbocycles. The van der Waals surface area contributed by atoms with Crippen molar-refractivity contribution >= 4 is 62.5 Å². The van der Waals surface area contributed by atoms with Gasteiger partial charge in [0.15, 0.2) is 5.78 Å². The summed E-state index contributed by atoms with van der Waals surface area (Å²) < 4.78 is 10.4. The van der Waals surface area contributed by atoms with E-state index in [1.54, 1.807) is 26.0 Å². The number of Topliss-reactive ketones (excluding diaryl/α,β-unsaturated/α-hetero) is 1. The molecule has 0 aliphatic rings. The molecule has 152 valence electrons. The van der Waals surface area contributed by atoms with Crippen molar-refractivity contribution in [3.63, 3.8) is 0 Å². The summed E-state index contributed by atoms with van der Waals surface area (Å²) in [5.41, 5.74) is -0.890. The zero-order valence-electron chi connectivity index (χ0n) is 15.5. The third-order valence-corrected chi connectivity index (χ3v) is 4.75. The first kappa shape index (κ1) is 24.8. The fourth-order valence-electron chi connectivity index (χ4n) is 1.81. The molecule has 0 saturated heterocycles. The van der Waals surface area contributed by atoms with Crippen LogP contribution in [-0.4, -0.2) is 23.4 Å². The number of halogens is 4. The second-order valence-electron chi connectivity index (χ2n) is 6.33. The minimum atomic E-state index is -0.915. The molecule has 0 heterocycles. The highest BCUT2D eigenvalue weighted by Crippen LogP contribution is 2.31. The number of carbonyl (C=O) groups is 2. The molecule has 0 saturated carbocycles. The third kappa shape index (κ3) is 8.82. The molecule has 2 aromatic carbocycles. The topological polar surface area (TPSA) is 52.6 Å². The standard InChI is InChI=1S/C14H15BrCl2O4.C6H5Cl/c1-8(18)20-7-14(2,3)12(19)13(15)21-11-5-4-9(16)6-10(11)17;7-6-4-2-1-3-5-6/h4-6,13H,7H2,1-3H3;1-5H. The van der Waals surface area contributed by atoms with E-state index >= 15 is 0 Å². The van der Waals surface area contributed by atoms with Gasteiger partial charge in [0.2, 0.25) is 5.01 Å². The van der Waals surface area contributed by atoms with Gasteiger partial charge in [-0.3, -0.25) is 9.59 Å². The van der Waals surface area contributed by atoms with Gasteiger partial charge in [0.25, 0.3) is 0 Å². The van der Waals surface area contributed by atoms with Crippen LogP contribution >= 0.6 is 50.7 Å². The molecular formula is C20H20BrCl3O4. The van der Waals surface area contributed by atoms with E-state index in [0.717, 1.165) is 5.02 Å². The van der Waals surface area contributed by atoms with E-state index in [2.05, 4.69) is 15.9 Å². The van der Waals surface area contributed by atoms with E-state index in [-0.39, 0.29) is 12.4 Å². The van der Waals surface area contributed by atoms with E-state index in [1.165, 1.54) is 13.0 Å². The second kappa shape index (κ2) is 11.7. The van der Waals surface area contributed by atoms with Crippen LogP contribution in [0.2, 0.25) is 15.1 Å². The molecule has 2 rings (SSSR count). The summed E-state index contributed by atoms with van der Waals surface area (Å²) in [5.74, 6) is -0.377. The Morgan fingerprint density at radius 2 is 1.64 bits per heavy atom. The molecule has 0 radical (unpaired) electrons. The van der Waals surface area contributed by atoms with E-state index in [4.69, 9.17) is 44.3 Å². The van der Waals surface area contributed by atoms with Crippen molar-refractivity contribution in [2.75, 3.05) is 6.61 Å². The molecule has 1 unspecified atom stereocenters. The molecule has 0 aliphatic heterocycles. The normalized spacial score (nSPS) is 11.7. The second-order valence-corrected chi connectivity index (χ2v) is 8.44. The number of ether oxygens (including phenoxy) is 2. The Labute approximate surface area is 188 Å². The molecule has 2 aromatic rings. The van der Waals surface area contributed by atoms with Crippen LogP contribution in [0.5, 0.6) is 5.75 Å². The van der Waals surface area contributed by atoms with Gasteiger partial charge in [0.05, 0.1) is 10.4 Å². The lowest BCUT2D eigenvalue weighted by atomic mass is 9.89. The number of alkyl halides is 1. The highest BCUT2D eigenvalue weighted by atomic mass is 79.9. The number of hydrogen-bond donors (Lipinski definition) is 0. The zero-order valence-corrected chi connectivity index (χ0v) is 19.4. The van der Waals surface area contributed by atoms with Gasteiger partial charge in [-0.25, -0.2) is 0 Å². The van der Waals surface area contributed by atoms with Crippen molar-refractivity contribution in [3.8, 4) is 5.75 Å². The fraction of sp³-hybridized carbons (Fsp3) is 0.300. The smallest absolute Gasteiger partial charge is 0.302 e. The van der Waals surface area contributed by atoms with Gasteiger partial charge in [0.1, 0.15) is 12.4 Å². The third-order valence-electron chi connectivity index (χ3n) is 3.37. The average Bonchev–Trinajstić information content (AvgIpc) is 2.63. The molecule has 0 amide bonds. The highest BCUT2D eigenvalue weighted by molar-refractivity contribution is 9.09. The van der Waals surface area contributed by atoms with Crippen LogP contribution in [0.1, 0.15) is 20.8 Å². The molecule has 1 atom stereocenters. The zero-order chi connectivity index (χ0) is 21.3. The van der Waals surface area contributed by atoms with Crippen molar-refractivity contribution in [1.82, 2.24) is 0 Å². The van der Waals surface area contributed by atoms with Crippen LogP contribution in [0.4, 0.5) is 0 Å². The highest BCUT2D eigenvalue weighted by Gasteiger charge is 2.35. The summed E-state index contributed by atoms with van der Waals surface area (Å²) in [6, 6.07) is 14.1. The van der Waals surface area contributed by atoms with Gasteiger partial charge in [0, 0.05) is 17.0 Å². The van der Waals surface area contributed by atoms with Gasteiger partial charge < -0.3 is 9.47 Å². The Morgan fingerprint density at radius 3 is 2.11 bits per heavy atom. The van der Waals surface area contributed by atoms with Crippen LogP contribution in [0, 0.1) is 5.41 Å². The van der Waals surface area contributed by atoms with Gasteiger partial charge in [-0.05, 0) is 60.1 Å². The number of benzene rings is 2. The summed E-state index contributed by atoms with van der Waals surface area (Å²) in [7, 11) is 0. The van der Waals surface area contributed by atoms with E-state index in [9.17, 15) is 9.59 Å². The molecular weight excluding hydrogens is 490 g/mol. The minimum absolute atomic E-state index is 0.0268. The molecule has 0 aromatic heterocycles. The van der Waals surface area contributed by atoms with E-state index < -0.39 is 16.4 Å². The summed E-state index contributed by atoms with van der Waals surface area (Å²) in [6.07, 6.45) is 0. The van der Waals surface area contributed by atoms with Crippen LogP contribution < -0.4 is 4.74 Å². The van der Waals surface area contributed by atoms with Crippen LogP contribution in [0.15, 0.2) is 48.5 Å². The first-order chi connectivity index (χ1) is 13.0. The first-order valence-electron chi connectivity index (χ1n) is 8.17. The van der Waals surface area contributed by atoms with Gasteiger partial charge in [-0.15, -0.1) is 0 Å². The largest absolute Gasteiger partial charge is 0.470 e. The predicted molar refractivity (Wildman–Crippen MR) is 117 cm³/mol. The summed E-state index contributed by atoms with van der Waals surface area (Å²) in [5, 5.41) is 0.654. The molecule has 4 nitrogen and oxygen atoms in total. The Balaban J connectivity index is 0.000000467. The maximum atomic E-state index is 12.3. The van der Waals surface area contributed by atoms with E-state index in [0.29, 0.717) is 15.8 Å². The van der Waals surface area contributed by atoms with Crippen LogP contribution in [0.3, 0.4) is 0 Å². The SMILES string of the molecule is CC(=O)OCC(C)(C)C(=O)C(Br)Oc1ccc(Cl)cc1Cl.Clc1ccccc1. The quantitative estimate of drug-likeness (QED) is 0.325. The van der Waals surface area contributed by atoms with Gasteiger partial charge in [-0.2, -0.15) is 0 Å². The lowest BCUT2D eigenvalue weighted by Gasteiger charge is -2.25. The number of rotatable bonds is 6. The predicted octanol–water partition coefficient (Wildman–Crippen LogP) is 6.59. The number of hydrogen-bond acceptors (Lipinski definition) is 4. The van der Waals surface area contributed by atoms with Gasteiger partial charge >= 0.3 is 5.97 Å². The molecule has 0 spiro atoms. The molecule has 28 heavy (non-hydrogen) atoms. The lowest BCUT2D eigenvalue weighted by molar-refractivity contribution is -0.147. The van der Waals surface area contributed by atoms with Crippen LogP contribution in [0.25, 0.3) is 0 Å². The molecule has 8 heteroatoms. The van der Waals surface area contributed by atoms with Crippen molar-refractivity contribution in [2.24, 2.45) is 5.41 Å². The maximum absolute atomic E-state index is 12.3. The molecule has 0 fully saturated rings. The Hall–Kier alpha value is -1.27. The Morgan fingerprint density at radius 1 is 1.04 bits per heavy atom. The van der Waals surface area contributed by atoms with E-state index in [1.807, 2.05) is 30.3 Å². The lowest BCUT2D eigenvalue weighted by Crippen LogP contribution is -2.38. The van der Waals surface area contributed by atoms with Crippen molar-refractivity contribution in [2.45, 2.75) is 25.8 Å². The number of carbonyl (C=O) groups excluding carboxylic acids is 2. The molecule has 0 bridgehead atoms. The fourth-order valence-corrected chi connectivity index (χ4v) is 3.23. The number of ketones is 1. The average molecular weight is 511 g/mol. The Kier molecular flexibility index (Phi) is 10.3. The van der Waals surface area contributed by atoms with Gasteiger partial charge in [-0.1, -0.05) is 53.0 Å². The maximum Gasteiger partial charge on any atom is 0.302 e. The Bertz CT molecular complexity index is 797. The van der Waals surface area contributed by atoms with Crippen molar-refractivity contribution < 1.29 is 19.1 Å². The van der Waals surface area contributed by atoms with Crippen LogP contribution in [-0.2, 0) is 14.3 Å². The molecule has 0 N–H and O–H groups in total. The monoisotopic (exact) mass is 508 g/mol.